The lowest BCUT2D eigenvalue weighted by molar-refractivity contribution is 0.291. The first kappa shape index (κ1) is 14.0. The van der Waals surface area contributed by atoms with E-state index in [9.17, 15) is 8.78 Å². The van der Waals surface area contributed by atoms with Crippen molar-refractivity contribution in [3.8, 4) is 5.75 Å². The number of benzene rings is 3. The van der Waals surface area contributed by atoms with E-state index in [1.807, 2.05) is 30.3 Å². The van der Waals surface area contributed by atoms with Gasteiger partial charge in [-0.3, -0.25) is 0 Å². The Kier molecular flexibility index (Phi) is 3.88. The largest absolute Gasteiger partial charge is 0.487 e. The van der Waals surface area contributed by atoms with Gasteiger partial charge < -0.3 is 4.74 Å². The van der Waals surface area contributed by atoms with Gasteiger partial charge in [0.1, 0.15) is 24.0 Å². The fourth-order valence-electron chi connectivity index (χ4n) is 2.15. The molecule has 4 heteroatoms. The van der Waals surface area contributed by atoms with Crippen LogP contribution in [0.15, 0.2) is 59.1 Å². The van der Waals surface area contributed by atoms with E-state index in [0.29, 0.717) is 5.75 Å². The van der Waals surface area contributed by atoms with Gasteiger partial charge >= 0.3 is 0 Å². The van der Waals surface area contributed by atoms with Crippen molar-refractivity contribution in [3.63, 3.8) is 0 Å². The highest BCUT2D eigenvalue weighted by atomic mass is 79.9. The number of fused-ring (bicyclic) bond motifs is 1. The molecule has 0 aliphatic carbocycles. The third kappa shape index (κ3) is 2.76. The summed E-state index contributed by atoms with van der Waals surface area (Å²) >= 11 is 3.48. The average Bonchev–Trinajstić information content (AvgIpc) is 2.49. The third-order valence-electron chi connectivity index (χ3n) is 3.26. The maximum absolute atomic E-state index is 13.6. The summed E-state index contributed by atoms with van der Waals surface area (Å²) in [5.41, 5.74) is -0.0717. The molecule has 0 amide bonds. The van der Waals surface area contributed by atoms with E-state index in [1.165, 1.54) is 18.2 Å². The Labute approximate surface area is 129 Å². The SMILES string of the molecule is Fc1cccc(F)c1COc1ccc2ccccc2c1Br. The summed E-state index contributed by atoms with van der Waals surface area (Å²) in [6.07, 6.45) is 0. The lowest BCUT2D eigenvalue weighted by atomic mass is 10.1. The van der Waals surface area contributed by atoms with E-state index in [4.69, 9.17) is 4.74 Å². The van der Waals surface area contributed by atoms with Gasteiger partial charge in [0, 0.05) is 0 Å². The molecular formula is C17H11BrF2O. The van der Waals surface area contributed by atoms with Crippen LogP contribution >= 0.6 is 15.9 Å². The van der Waals surface area contributed by atoms with Gasteiger partial charge in [-0.2, -0.15) is 0 Å². The van der Waals surface area contributed by atoms with Gasteiger partial charge in [-0.1, -0.05) is 36.4 Å². The molecule has 106 valence electrons. The molecule has 0 aliphatic rings. The Morgan fingerprint density at radius 3 is 2.33 bits per heavy atom. The summed E-state index contributed by atoms with van der Waals surface area (Å²) in [6, 6.07) is 15.3. The van der Waals surface area contributed by atoms with Crippen LogP contribution in [0.1, 0.15) is 5.56 Å². The van der Waals surface area contributed by atoms with Crippen LogP contribution in [0.5, 0.6) is 5.75 Å². The van der Waals surface area contributed by atoms with Gasteiger partial charge in [0.05, 0.1) is 10.0 Å². The minimum absolute atomic E-state index is 0.0717. The molecule has 0 unspecified atom stereocenters. The van der Waals surface area contributed by atoms with E-state index in [2.05, 4.69) is 15.9 Å². The fraction of sp³-hybridized carbons (Fsp3) is 0.0588. The maximum atomic E-state index is 13.6. The minimum atomic E-state index is -0.605. The molecule has 3 rings (SSSR count). The molecule has 0 N–H and O–H groups in total. The predicted molar refractivity (Wildman–Crippen MR) is 82.3 cm³/mol. The Hall–Kier alpha value is -1.94. The Morgan fingerprint density at radius 1 is 0.857 bits per heavy atom. The topological polar surface area (TPSA) is 9.23 Å². The zero-order valence-corrected chi connectivity index (χ0v) is 12.5. The first-order valence-electron chi connectivity index (χ1n) is 6.40. The van der Waals surface area contributed by atoms with Crippen molar-refractivity contribution < 1.29 is 13.5 Å². The summed E-state index contributed by atoms with van der Waals surface area (Å²) in [7, 11) is 0. The molecular weight excluding hydrogens is 338 g/mol. The lowest BCUT2D eigenvalue weighted by Gasteiger charge is -2.11. The molecule has 21 heavy (non-hydrogen) atoms. The van der Waals surface area contributed by atoms with E-state index in [-0.39, 0.29) is 12.2 Å². The smallest absolute Gasteiger partial charge is 0.134 e. The molecule has 0 atom stereocenters. The number of ether oxygens (including phenoxy) is 1. The number of hydrogen-bond donors (Lipinski definition) is 0. The van der Waals surface area contributed by atoms with Gasteiger partial charge in [-0.05, 0) is 44.9 Å². The van der Waals surface area contributed by atoms with Gasteiger partial charge in [-0.25, -0.2) is 8.78 Å². The van der Waals surface area contributed by atoms with Gasteiger partial charge in [0.15, 0.2) is 0 Å². The van der Waals surface area contributed by atoms with Crippen LogP contribution in [0.25, 0.3) is 10.8 Å². The van der Waals surface area contributed by atoms with Crippen molar-refractivity contribution in [2.45, 2.75) is 6.61 Å². The first-order chi connectivity index (χ1) is 10.2. The molecule has 0 heterocycles. The Bertz CT molecular complexity index is 782. The Morgan fingerprint density at radius 2 is 1.57 bits per heavy atom. The summed E-state index contributed by atoms with van der Waals surface area (Å²) < 4.78 is 33.5. The summed E-state index contributed by atoms with van der Waals surface area (Å²) in [6.45, 7) is -0.157. The molecule has 0 spiro atoms. The molecule has 0 radical (unpaired) electrons. The Balaban J connectivity index is 1.91. The summed E-state index contributed by atoms with van der Waals surface area (Å²) in [5.74, 6) is -0.657. The summed E-state index contributed by atoms with van der Waals surface area (Å²) in [5, 5.41) is 2.05. The molecule has 0 fully saturated rings. The third-order valence-corrected chi connectivity index (χ3v) is 4.08. The maximum Gasteiger partial charge on any atom is 0.134 e. The van der Waals surface area contributed by atoms with Crippen molar-refractivity contribution in [1.82, 2.24) is 0 Å². The second-order valence-corrected chi connectivity index (χ2v) is 5.38. The number of rotatable bonds is 3. The highest BCUT2D eigenvalue weighted by molar-refractivity contribution is 9.10. The molecule has 0 saturated carbocycles. The first-order valence-corrected chi connectivity index (χ1v) is 7.19. The number of halogens is 3. The standard InChI is InChI=1S/C17H11BrF2O/c18-17-12-5-2-1-4-11(12)8-9-16(17)21-10-13-14(19)6-3-7-15(13)20/h1-9H,10H2. The molecule has 3 aromatic carbocycles. The molecule has 0 bridgehead atoms. The van der Waals surface area contributed by atoms with Crippen LogP contribution in [-0.4, -0.2) is 0 Å². The van der Waals surface area contributed by atoms with Crippen LogP contribution in [0.4, 0.5) is 8.78 Å². The van der Waals surface area contributed by atoms with E-state index >= 15 is 0 Å². The van der Waals surface area contributed by atoms with E-state index in [1.54, 1.807) is 6.07 Å². The lowest BCUT2D eigenvalue weighted by Crippen LogP contribution is -2.02. The summed E-state index contributed by atoms with van der Waals surface area (Å²) in [4.78, 5) is 0. The van der Waals surface area contributed by atoms with Gasteiger partial charge in [0.2, 0.25) is 0 Å². The van der Waals surface area contributed by atoms with Crippen LogP contribution in [-0.2, 0) is 6.61 Å². The average molecular weight is 349 g/mol. The van der Waals surface area contributed by atoms with E-state index < -0.39 is 11.6 Å². The minimum Gasteiger partial charge on any atom is -0.487 e. The quantitative estimate of drug-likeness (QED) is 0.610. The molecule has 0 aromatic heterocycles. The van der Waals surface area contributed by atoms with Gasteiger partial charge in [0.25, 0.3) is 0 Å². The zero-order chi connectivity index (χ0) is 14.8. The van der Waals surface area contributed by atoms with Crippen molar-refractivity contribution >= 4 is 26.7 Å². The normalized spacial score (nSPS) is 10.8. The zero-order valence-electron chi connectivity index (χ0n) is 10.9. The highest BCUT2D eigenvalue weighted by Gasteiger charge is 2.11. The van der Waals surface area contributed by atoms with Crippen LogP contribution in [0.3, 0.4) is 0 Å². The van der Waals surface area contributed by atoms with Crippen LogP contribution in [0, 0.1) is 11.6 Å². The van der Waals surface area contributed by atoms with Crippen LogP contribution < -0.4 is 4.74 Å². The van der Waals surface area contributed by atoms with Gasteiger partial charge in [-0.15, -0.1) is 0 Å². The van der Waals surface area contributed by atoms with Crippen molar-refractivity contribution in [3.05, 3.63) is 76.3 Å². The number of hydrogen-bond acceptors (Lipinski definition) is 1. The predicted octanol–water partition coefficient (Wildman–Crippen LogP) is 5.46. The van der Waals surface area contributed by atoms with Crippen molar-refractivity contribution in [2.75, 3.05) is 0 Å². The molecule has 3 aromatic rings. The fourth-order valence-corrected chi connectivity index (χ4v) is 2.75. The molecule has 1 nitrogen and oxygen atoms in total. The highest BCUT2D eigenvalue weighted by Crippen LogP contribution is 2.33. The van der Waals surface area contributed by atoms with Crippen molar-refractivity contribution in [2.24, 2.45) is 0 Å². The molecule has 0 saturated heterocycles. The van der Waals surface area contributed by atoms with E-state index in [0.717, 1.165) is 15.2 Å². The van der Waals surface area contributed by atoms with Crippen molar-refractivity contribution in [1.29, 1.82) is 0 Å². The second kappa shape index (κ2) is 5.82. The monoisotopic (exact) mass is 348 g/mol. The molecule has 0 aliphatic heterocycles. The second-order valence-electron chi connectivity index (χ2n) is 4.59. The van der Waals surface area contributed by atoms with Crippen LogP contribution in [0.2, 0.25) is 0 Å².